The summed E-state index contributed by atoms with van der Waals surface area (Å²) in [6, 6.07) is 7.89. The molecule has 0 N–H and O–H groups in total. The molecule has 0 amide bonds. The van der Waals surface area contributed by atoms with Crippen molar-refractivity contribution in [1.82, 2.24) is 4.90 Å². The Bertz CT molecular complexity index is 428. The van der Waals surface area contributed by atoms with Crippen molar-refractivity contribution in [2.75, 3.05) is 19.7 Å². The fourth-order valence-electron chi connectivity index (χ4n) is 1.74. The maximum atomic E-state index is 5.54. The van der Waals surface area contributed by atoms with Crippen LogP contribution in [0.2, 0.25) is 0 Å². The first kappa shape index (κ1) is 15.1. The van der Waals surface area contributed by atoms with Crippen LogP contribution >= 0.6 is 24.4 Å². The molecule has 0 saturated carbocycles. The molecule has 0 unspecified atom stereocenters. The quantitative estimate of drug-likeness (QED) is 0.766. The topological polar surface area (TPSA) is 12.5 Å². The standard InChI is InChI=1S/C14H19NOS2/c1-4-15(5-2)13(17)11-9-7-8-10-12(11)14(18)16-6-3/h7-10H,4-6H2,1-3H3. The van der Waals surface area contributed by atoms with Crippen LogP contribution in [0.3, 0.4) is 0 Å². The van der Waals surface area contributed by atoms with Crippen LogP contribution < -0.4 is 0 Å². The lowest BCUT2D eigenvalue weighted by atomic mass is 10.1. The van der Waals surface area contributed by atoms with E-state index in [-0.39, 0.29) is 0 Å². The molecule has 1 rings (SSSR count). The number of benzene rings is 1. The van der Waals surface area contributed by atoms with E-state index in [2.05, 4.69) is 18.7 Å². The molecule has 0 atom stereocenters. The Kier molecular flexibility index (Phi) is 6.22. The number of hydrogen-bond acceptors (Lipinski definition) is 3. The summed E-state index contributed by atoms with van der Waals surface area (Å²) in [4.78, 5) is 2.97. The second-order valence-corrected chi connectivity index (χ2v) is 4.50. The summed E-state index contributed by atoms with van der Waals surface area (Å²) in [7, 11) is 0. The summed E-state index contributed by atoms with van der Waals surface area (Å²) in [6.07, 6.45) is 0. The van der Waals surface area contributed by atoms with Gasteiger partial charge in [0.1, 0.15) is 4.99 Å². The second-order valence-electron chi connectivity index (χ2n) is 3.74. The van der Waals surface area contributed by atoms with Crippen LogP contribution in [0.4, 0.5) is 0 Å². The van der Waals surface area contributed by atoms with Crippen LogP contribution in [0.25, 0.3) is 0 Å². The lowest BCUT2D eigenvalue weighted by Gasteiger charge is -2.23. The van der Waals surface area contributed by atoms with Gasteiger partial charge < -0.3 is 9.64 Å². The van der Waals surface area contributed by atoms with Crippen LogP contribution in [0.5, 0.6) is 0 Å². The Balaban J connectivity index is 3.08. The molecule has 1 aromatic carbocycles. The maximum absolute atomic E-state index is 5.54. The molecule has 98 valence electrons. The SMILES string of the molecule is CCOC(=S)c1ccccc1C(=S)N(CC)CC. The van der Waals surface area contributed by atoms with Crippen molar-refractivity contribution in [2.45, 2.75) is 20.8 Å². The van der Waals surface area contributed by atoms with E-state index < -0.39 is 0 Å². The highest BCUT2D eigenvalue weighted by atomic mass is 32.1. The van der Waals surface area contributed by atoms with Crippen molar-refractivity contribution in [2.24, 2.45) is 0 Å². The zero-order valence-electron chi connectivity index (χ0n) is 11.1. The third kappa shape index (κ3) is 3.50. The predicted octanol–water partition coefficient (Wildman–Crippen LogP) is 3.42. The summed E-state index contributed by atoms with van der Waals surface area (Å²) in [6.45, 7) is 8.48. The zero-order valence-corrected chi connectivity index (χ0v) is 12.7. The Hall–Kier alpha value is -1.00. The lowest BCUT2D eigenvalue weighted by molar-refractivity contribution is 0.337. The van der Waals surface area contributed by atoms with E-state index in [1.807, 2.05) is 31.2 Å². The van der Waals surface area contributed by atoms with Crippen molar-refractivity contribution in [3.63, 3.8) is 0 Å². The summed E-state index contributed by atoms with van der Waals surface area (Å²) in [5, 5.41) is 0.516. The average molecular weight is 281 g/mol. The van der Waals surface area contributed by atoms with Gasteiger partial charge >= 0.3 is 0 Å². The molecule has 0 saturated heterocycles. The molecule has 2 nitrogen and oxygen atoms in total. The van der Waals surface area contributed by atoms with Gasteiger partial charge in [-0.1, -0.05) is 30.4 Å². The first-order valence-electron chi connectivity index (χ1n) is 6.21. The van der Waals surface area contributed by atoms with E-state index in [0.29, 0.717) is 11.7 Å². The van der Waals surface area contributed by atoms with E-state index in [1.165, 1.54) is 0 Å². The molecule has 0 spiro atoms. The molecule has 1 aromatic rings. The Morgan fingerprint density at radius 1 is 1.06 bits per heavy atom. The first-order valence-corrected chi connectivity index (χ1v) is 7.02. The van der Waals surface area contributed by atoms with Gasteiger partial charge in [0.05, 0.1) is 6.61 Å². The van der Waals surface area contributed by atoms with E-state index >= 15 is 0 Å². The summed E-state index contributed by atoms with van der Waals surface area (Å²) in [5.74, 6) is 0. The highest BCUT2D eigenvalue weighted by Gasteiger charge is 2.15. The van der Waals surface area contributed by atoms with E-state index in [4.69, 9.17) is 29.2 Å². The van der Waals surface area contributed by atoms with Crippen molar-refractivity contribution >= 4 is 34.5 Å². The molecule has 0 fully saturated rings. The summed E-state index contributed by atoms with van der Waals surface area (Å²) >= 11 is 10.8. The number of ether oxygens (including phenoxy) is 1. The van der Waals surface area contributed by atoms with Crippen molar-refractivity contribution < 1.29 is 4.74 Å². The van der Waals surface area contributed by atoms with Gasteiger partial charge in [0.2, 0.25) is 0 Å². The third-order valence-corrected chi connectivity index (χ3v) is 3.52. The minimum absolute atomic E-state index is 0.516. The largest absolute Gasteiger partial charge is 0.483 e. The van der Waals surface area contributed by atoms with Gasteiger partial charge in [0, 0.05) is 24.2 Å². The third-order valence-electron chi connectivity index (χ3n) is 2.70. The highest BCUT2D eigenvalue weighted by molar-refractivity contribution is 7.81. The van der Waals surface area contributed by atoms with Crippen molar-refractivity contribution in [3.8, 4) is 0 Å². The smallest absolute Gasteiger partial charge is 0.191 e. The Morgan fingerprint density at radius 2 is 1.61 bits per heavy atom. The number of rotatable bonds is 5. The van der Waals surface area contributed by atoms with Gasteiger partial charge in [-0.3, -0.25) is 0 Å². The van der Waals surface area contributed by atoms with Gasteiger partial charge in [-0.15, -0.1) is 0 Å². The van der Waals surface area contributed by atoms with Crippen LogP contribution in [0, 0.1) is 0 Å². The normalized spacial score (nSPS) is 9.94. The average Bonchev–Trinajstić information content (AvgIpc) is 2.40. The minimum atomic E-state index is 0.516. The molecular formula is C14H19NOS2. The molecule has 0 radical (unpaired) electrons. The Labute approximate surface area is 120 Å². The highest BCUT2D eigenvalue weighted by Crippen LogP contribution is 2.15. The molecule has 0 aliphatic rings. The molecule has 0 aliphatic heterocycles. The lowest BCUT2D eigenvalue weighted by Crippen LogP contribution is -2.30. The molecule has 4 heteroatoms. The summed E-state index contributed by atoms with van der Waals surface area (Å²) < 4.78 is 5.42. The molecule has 18 heavy (non-hydrogen) atoms. The predicted molar refractivity (Wildman–Crippen MR) is 84.4 cm³/mol. The fourth-order valence-corrected chi connectivity index (χ4v) is 2.47. The second kappa shape index (κ2) is 7.44. The van der Waals surface area contributed by atoms with Gasteiger partial charge in [-0.2, -0.15) is 0 Å². The number of hydrogen-bond donors (Lipinski definition) is 0. The molecule has 0 heterocycles. The maximum Gasteiger partial charge on any atom is 0.191 e. The van der Waals surface area contributed by atoms with Gasteiger partial charge in [-0.05, 0) is 39.1 Å². The molecular weight excluding hydrogens is 262 g/mol. The van der Waals surface area contributed by atoms with Gasteiger partial charge in [-0.25, -0.2) is 0 Å². The van der Waals surface area contributed by atoms with Gasteiger partial charge in [0.15, 0.2) is 5.05 Å². The van der Waals surface area contributed by atoms with Crippen LogP contribution in [-0.2, 0) is 4.74 Å². The van der Waals surface area contributed by atoms with Crippen LogP contribution in [0.1, 0.15) is 31.9 Å². The van der Waals surface area contributed by atoms with Crippen molar-refractivity contribution in [3.05, 3.63) is 35.4 Å². The van der Waals surface area contributed by atoms with Crippen LogP contribution in [-0.4, -0.2) is 34.6 Å². The summed E-state index contributed by atoms with van der Waals surface area (Å²) in [5.41, 5.74) is 1.89. The first-order chi connectivity index (χ1) is 8.65. The van der Waals surface area contributed by atoms with E-state index in [0.717, 1.165) is 29.2 Å². The van der Waals surface area contributed by atoms with Crippen LogP contribution in [0.15, 0.2) is 24.3 Å². The minimum Gasteiger partial charge on any atom is -0.483 e. The van der Waals surface area contributed by atoms with Crippen molar-refractivity contribution in [1.29, 1.82) is 0 Å². The van der Waals surface area contributed by atoms with Gasteiger partial charge in [0.25, 0.3) is 0 Å². The zero-order chi connectivity index (χ0) is 13.5. The van der Waals surface area contributed by atoms with E-state index in [1.54, 1.807) is 0 Å². The molecule has 0 aliphatic carbocycles. The fraction of sp³-hybridized carbons (Fsp3) is 0.429. The molecule has 0 aromatic heterocycles. The number of nitrogens with zero attached hydrogens (tertiary/aromatic N) is 1. The van der Waals surface area contributed by atoms with E-state index in [9.17, 15) is 0 Å². The molecule has 0 bridgehead atoms. The Morgan fingerprint density at radius 3 is 2.11 bits per heavy atom. The number of thiocarbonyl (C=S) groups is 2. The monoisotopic (exact) mass is 281 g/mol.